The van der Waals surface area contributed by atoms with Gasteiger partial charge in [0.05, 0.1) is 0 Å². The molecule has 0 aliphatic rings. The Kier molecular flexibility index (Phi) is 4.62. The molecule has 0 fully saturated rings. The van der Waals surface area contributed by atoms with Crippen molar-refractivity contribution in [1.29, 1.82) is 0 Å². The first kappa shape index (κ1) is 15.1. The van der Waals surface area contributed by atoms with Crippen LogP contribution in [-0.4, -0.2) is 11.7 Å². The summed E-state index contributed by atoms with van der Waals surface area (Å²) in [4.78, 5) is 0. The Hall–Kier alpha value is -2.30. The molecule has 0 amide bonds. The summed E-state index contributed by atoms with van der Waals surface area (Å²) in [6.07, 6.45) is 0. The number of rotatable bonds is 5. The number of phenols is 1. The predicted molar refractivity (Wildman–Crippen MR) is 78.0 cm³/mol. The zero-order valence-electron chi connectivity index (χ0n) is 11.8. The van der Waals surface area contributed by atoms with Gasteiger partial charge in [-0.2, -0.15) is 8.78 Å². The fourth-order valence-electron chi connectivity index (χ4n) is 2.06. The van der Waals surface area contributed by atoms with E-state index in [1.807, 2.05) is 13.8 Å². The Morgan fingerprint density at radius 2 is 1.76 bits per heavy atom. The second-order valence-electron chi connectivity index (χ2n) is 4.81. The molecule has 0 aromatic heterocycles. The molecule has 2 aromatic rings. The van der Waals surface area contributed by atoms with Crippen LogP contribution < -0.4 is 10.1 Å². The fraction of sp³-hybridized carbons (Fsp3) is 0.250. The number of hydrogen-bond acceptors (Lipinski definition) is 3. The summed E-state index contributed by atoms with van der Waals surface area (Å²) in [6.45, 7) is 1.05. The van der Waals surface area contributed by atoms with Crippen molar-refractivity contribution in [1.82, 2.24) is 0 Å². The third kappa shape index (κ3) is 4.08. The lowest BCUT2D eigenvalue weighted by Crippen LogP contribution is -2.08. The molecule has 0 aliphatic heterocycles. The number of ether oxygens (including phenoxy) is 1. The Bertz CT molecular complexity index is 600. The highest BCUT2D eigenvalue weighted by molar-refractivity contribution is 5.54. The van der Waals surface area contributed by atoms with Gasteiger partial charge < -0.3 is 15.2 Å². The van der Waals surface area contributed by atoms with Gasteiger partial charge in [0.25, 0.3) is 0 Å². The summed E-state index contributed by atoms with van der Waals surface area (Å²) in [5.41, 5.74) is 2.79. The normalized spacial score (nSPS) is 12.2. The molecule has 2 N–H and O–H groups in total. The Morgan fingerprint density at radius 3 is 2.33 bits per heavy atom. The Balaban J connectivity index is 2.07. The number of halogens is 2. The summed E-state index contributed by atoms with van der Waals surface area (Å²) in [7, 11) is 0. The van der Waals surface area contributed by atoms with Crippen LogP contribution in [0.25, 0.3) is 0 Å². The molecule has 1 unspecified atom stereocenters. The van der Waals surface area contributed by atoms with Crippen LogP contribution in [0.2, 0.25) is 0 Å². The molecule has 21 heavy (non-hydrogen) atoms. The number of hydrogen-bond donors (Lipinski definition) is 2. The number of nitrogens with one attached hydrogen (secondary N) is 1. The van der Waals surface area contributed by atoms with Crippen molar-refractivity contribution in [2.75, 3.05) is 5.32 Å². The maximum atomic E-state index is 12.1. The first-order chi connectivity index (χ1) is 9.95. The molecular weight excluding hydrogens is 276 g/mol. The monoisotopic (exact) mass is 293 g/mol. The molecule has 3 nitrogen and oxygen atoms in total. The summed E-state index contributed by atoms with van der Waals surface area (Å²) >= 11 is 0. The van der Waals surface area contributed by atoms with Gasteiger partial charge >= 0.3 is 6.61 Å². The van der Waals surface area contributed by atoms with Crippen molar-refractivity contribution in [3.8, 4) is 11.5 Å². The second kappa shape index (κ2) is 6.43. The molecule has 2 rings (SSSR count). The highest BCUT2D eigenvalue weighted by Gasteiger charge is 2.09. The van der Waals surface area contributed by atoms with Crippen LogP contribution in [0.15, 0.2) is 42.5 Å². The molecule has 1 atom stereocenters. The molecule has 0 radical (unpaired) electrons. The molecule has 0 spiro atoms. The second-order valence-corrected chi connectivity index (χ2v) is 4.81. The molecule has 2 aromatic carbocycles. The lowest BCUT2D eigenvalue weighted by atomic mass is 10.1. The molecule has 0 bridgehead atoms. The number of phenolic OH excluding ortho intramolecular Hbond substituents is 1. The summed E-state index contributed by atoms with van der Waals surface area (Å²) < 4.78 is 28.5. The smallest absolute Gasteiger partial charge is 0.387 e. The minimum absolute atomic E-state index is 0.00570. The van der Waals surface area contributed by atoms with Crippen LogP contribution in [0.3, 0.4) is 0 Å². The number of benzene rings is 2. The van der Waals surface area contributed by atoms with E-state index in [1.165, 1.54) is 12.1 Å². The quantitative estimate of drug-likeness (QED) is 0.799. The van der Waals surface area contributed by atoms with Crippen molar-refractivity contribution in [3.05, 3.63) is 53.6 Å². The van der Waals surface area contributed by atoms with Crippen LogP contribution in [-0.2, 0) is 0 Å². The maximum Gasteiger partial charge on any atom is 0.387 e. The van der Waals surface area contributed by atoms with Crippen LogP contribution >= 0.6 is 0 Å². The van der Waals surface area contributed by atoms with Crippen LogP contribution in [0, 0.1) is 6.92 Å². The van der Waals surface area contributed by atoms with Gasteiger partial charge in [-0.3, -0.25) is 0 Å². The zero-order valence-corrected chi connectivity index (χ0v) is 11.8. The predicted octanol–water partition coefficient (Wildman–Crippen LogP) is 4.48. The average molecular weight is 293 g/mol. The number of alkyl halides is 2. The van der Waals surface area contributed by atoms with E-state index in [2.05, 4.69) is 10.1 Å². The van der Waals surface area contributed by atoms with E-state index < -0.39 is 6.61 Å². The topological polar surface area (TPSA) is 41.5 Å². The van der Waals surface area contributed by atoms with Gasteiger partial charge in [-0.25, -0.2) is 0 Å². The standard InChI is InChI=1S/C16H17F2NO2/c1-10-9-13(20)5-8-15(10)19-11(2)12-3-6-14(7-4-12)21-16(17)18/h3-9,11,16,19-20H,1-2H3. The first-order valence-electron chi connectivity index (χ1n) is 6.56. The fourth-order valence-corrected chi connectivity index (χ4v) is 2.06. The SMILES string of the molecule is Cc1cc(O)ccc1NC(C)c1ccc(OC(F)F)cc1. The van der Waals surface area contributed by atoms with E-state index in [9.17, 15) is 13.9 Å². The third-order valence-electron chi connectivity index (χ3n) is 3.19. The van der Waals surface area contributed by atoms with Gasteiger partial charge in [0.15, 0.2) is 0 Å². The van der Waals surface area contributed by atoms with E-state index in [0.717, 1.165) is 16.8 Å². The van der Waals surface area contributed by atoms with Crippen LogP contribution in [0.1, 0.15) is 24.1 Å². The average Bonchev–Trinajstić information content (AvgIpc) is 2.42. The van der Waals surface area contributed by atoms with Crippen LogP contribution in [0.5, 0.6) is 11.5 Å². The van der Waals surface area contributed by atoms with Crippen molar-refractivity contribution < 1.29 is 18.6 Å². The summed E-state index contributed by atoms with van der Waals surface area (Å²) in [6, 6.07) is 11.6. The molecular formula is C16H17F2NO2. The van der Waals surface area contributed by atoms with E-state index in [0.29, 0.717) is 0 Å². The number of aryl methyl sites for hydroxylation is 1. The lowest BCUT2D eigenvalue weighted by molar-refractivity contribution is -0.0498. The molecule has 112 valence electrons. The Labute approximate surface area is 122 Å². The van der Waals surface area contributed by atoms with Gasteiger partial charge in [0.1, 0.15) is 11.5 Å². The van der Waals surface area contributed by atoms with Crippen molar-refractivity contribution in [2.45, 2.75) is 26.5 Å². The highest BCUT2D eigenvalue weighted by Crippen LogP contribution is 2.26. The van der Waals surface area contributed by atoms with Crippen molar-refractivity contribution in [3.63, 3.8) is 0 Å². The maximum absolute atomic E-state index is 12.1. The van der Waals surface area contributed by atoms with E-state index in [1.54, 1.807) is 30.3 Å². The number of aromatic hydroxyl groups is 1. The lowest BCUT2D eigenvalue weighted by Gasteiger charge is -2.18. The summed E-state index contributed by atoms with van der Waals surface area (Å²) in [5, 5.41) is 12.7. The van der Waals surface area contributed by atoms with Crippen LogP contribution in [0.4, 0.5) is 14.5 Å². The van der Waals surface area contributed by atoms with Gasteiger partial charge in [-0.15, -0.1) is 0 Å². The first-order valence-corrected chi connectivity index (χ1v) is 6.56. The molecule has 0 saturated heterocycles. The van der Waals surface area contributed by atoms with Gasteiger partial charge in [-0.05, 0) is 55.3 Å². The van der Waals surface area contributed by atoms with E-state index in [4.69, 9.17) is 0 Å². The zero-order chi connectivity index (χ0) is 15.4. The minimum Gasteiger partial charge on any atom is -0.508 e. The van der Waals surface area contributed by atoms with E-state index >= 15 is 0 Å². The highest BCUT2D eigenvalue weighted by atomic mass is 19.3. The number of anilines is 1. The van der Waals surface area contributed by atoms with Gasteiger partial charge in [-0.1, -0.05) is 12.1 Å². The minimum atomic E-state index is -2.81. The Morgan fingerprint density at radius 1 is 1.10 bits per heavy atom. The van der Waals surface area contributed by atoms with Gasteiger partial charge in [0, 0.05) is 11.7 Å². The molecule has 0 saturated carbocycles. The van der Waals surface area contributed by atoms with Gasteiger partial charge in [0.2, 0.25) is 0 Å². The van der Waals surface area contributed by atoms with Crippen molar-refractivity contribution in [2.24, 2.45) is 0 Å². The molecule has 5 heteroatoms. The largest absolute Gasteiger partial charge is 0.508 e. The van der Waals surface area contributed by atoms with Crippen molar-refractivity contribution >= 4 is 5.69 Å². The third-order valence-corrected chi connectivity index (χ3v) is 3.19. The summed E-state index contributed by atoms with van der Waals surface area (Å²) in [5.74, 6) is 0.362. The molecule has 0 heterocycles. The molecule has 0 aliphatic carbocycles. The van der Waals surface area contributed by atoms with E-state index in [-0.39, 0.29) is 17.5 Å².